The number of rotatable bonds is 6. The molecule has 2 aromatic rings. The van der Waals surface area contributed by atoms with Crippen LogP contribution < -0.4 is 15.5 Å². The quantitative estimate of drug-likeness (QED) is 0.817. The average Bonchev–Trinajstić information content (AvgIpc) is 3.21. The number of hydrogen-bond donors (Lipinski definition) is 2. The second kappa shape index (κ2) is 8.53. The third kappa shape index (κ3) is 4.75. The van der Waals surface area contributed by atoms with Crippen LogP contribution in [0.5, 0.6) is 0 Å². The van der Waals surface area contributed by atoms with E-state index in [0.29, 0.717) is 18.5 Å². The van der Waals surface area contributed by atoms with E-state index < -0.39 is 6.04 Å². The van der Waals surface area contributed by atoms with Gasteiger partial charge in [-0.2, -0.15) is 0 Å². The van der Waals surface area contributed by atoms with Crippen LogP contribution in [0.15, 0.2) is 47.3 Å². The first-order chi connectivity index (χ1) is 13.0. The molecule has 0 aliphatic carbocycles. The summed E-state index contributed by atoms with van der Waals surface area (Å²) >= 11 is 0. The van der Waals surface area contributed by atoms with Crippen molar-refractivity contribution in [2.24, 2.45) is 0 Å². The predicted octanol–water partition coefficient (Wildman–Crippen LogP) is 2.23. The number of benzene rings is 1. The molecule has 1 aromatic heterocycles. The molecule has 1 aliphatic heterocycles. The van der Waals surface area contributed by atoms with Gasteiger partial charge >= 0.3 is 0 Å². The second-order valence-corrected chi connectivity index (χ2v) is 6.60. The summed E-state index contributed by atoms with van der Waals surface area (Å²) in [7, 11) is 0. The number of furan rings is 1. The summed E-state index contributed by atoms with van der Waals surface area (Å²) in [5.74, 6) is -0.513. The standard InChI is InChI=1S/C20H23N3O4/c1-14(22-20(26)16-8-10-27-13-16)19(25)21-12-15-5-4-6-17(11-15)23-9-3-2-7-18(23)24/h4-6,8,10-11,13-14H,2-3,7,9,12H2,1H3,(H,21,25)(H,22,26). The van der Waals surface area contributed by atoms with Crippen molar-refractivity contribution in [2.75, 3.05) is 11.4 Å². The molecule has 1 saturated heterocycles. The Morgan fingerprint density at radius 1 is 1.26 bits per heavy atom. The molecule has 1 unspecified atom stereocenters. The van der Waals surface area contributed by atoms with Crippen molar-refractivity contribution in [3.05, 3.63) is 54.0 Å². The largest absolute Gasteiger partial charge is 0.472 e. The van der Waals surface area contributed by atoms with E-state index in [2.05, 4.69) is 10.6 Å². The van der Waals surface area contributed by atoms with E-state index in [1.165, 1.54) is 18.6 Å². The summed E-state index contributed by atoms with van der Waals surface area (Å²) < 4.78 is 4.86. The van der Waals surface area contributed by atoms with Crippen LogP contribution in [0.3, 0.4) is 0 Å². The van der Waals surface area contributed by atoms with Crippen LogP contribution in [-0.4, -0.2) is 30.3 Å². The molecule has 2 N–H and O–H groups in total. The second-order valence-electron chi connectivity index (χ2n) is 6.60. The fourth-order valence-corrected chi connectivity index (χ4v) is 2.99. The topological polar surface area (TPSA) is 91.7 Å². The molecule has 0 bridgehead atoms. The van der Waals surface area contributed by atoms with Gasteiger partial charge in [0.2, 0.25) is 11.8 Å². The van der Waals surface area contributed by atoms with Crippen LogP contribution in [0, 0.1) is 0 Å². The van der Waals surface area contributed by atoms with Crippen molar-refractivity contribution in [2.45, 2.75) is 38.8 Å². The number of amides is 3. The van der Waals surface area contributed by atoms with Gasteiger partial charge in [0.25, 0.3) is 5.91 Å². The van der Waals surface area contributed by atoms with Crippen LogP contribution >= 0.6 is 0 Å². The van der Waals surface area contributed by atoms with E-state index >= 15 is 0 Å². The van der Waals surface area contributed by atoms with Crippen molar-refractivity contribution >= 4 is 23.4 Å². The molecule has 142 valence electrons. The van der Waals surface area contributed by atoms with Gasteiger partial charge in [-0.15, -0.1) is 0 Å². The number of piperidine rings is 1. The number of nitrogens with zero attached hydrogens (tertiary/aromatic N) is 1. The van der Waals surface area contributed by atoms with E-state index in [1.807, 2.05) is 24.3 Å². The Bertz CT molecular complexity index is 816. The molecule has 0 saturated carbocycles. The minimum atomic E-state index is -0.681. The van der Waals surface area contributed by atoms with Crippen molar-refractivity contribution in [3.63, 3.8) is 0 Å². The molecule has 0 spiro atoms. The maximum absolute atomic E-state index is 12.2. The van der Waals surface area contributed by atoms with Crippen LogP contribution in [0.25, 0.3) is 0 Å². The van der Waals surface area contributed by atoms with E-state index in [0.717, 1.165) is 30.6 Å². The van der Waals surface area contributed by atoms with Crippen molar-refractivity contribution in [1.82, 2.24) is 10.6 Å². The molecular weight excluding hydrogens is 346 g/mol. The number of nitrogens with one attached hydrogen (secondary N) is 2. The first kappa shape index (κ1) is 18.7. The van der Waals surface area contributed by atoms with Crippen molar-refractivity contribution in [1.29, 1.82) is 0 Å². The zero-order chi connectivity index (χ0) is 19.2. The summed E-state index contributed by atoms with van der Waals surface area (Å²) in [6.07, 6.45) is 5.25. The van der Waals surface area contributed by atoms with Crippen LogP contribution in [0.4, 0.5) is 5.69 Å². The Hall–Kier alpha value is -3.09. The summed E-state index contributed by atoms with van der Waals surface area (Å²) in [6, 6.07) is 8.45. The smallest absolute Gasteiger partial charge is 0.255 e. The Morgan fingerprint density at radius 3 is 2.85 bits per heavy atom. The lowest BCUT2D eigenvalue weighted by Crippen LogP contribution is -2.44. The molecule has 3 amide bonds. The van der Waals surface area contributed by atoms with E-state index in [9.17, 15) is 14.4 Å². The highest BCUT2D eigenvalue weighted by Crippen LogP contribution is 2.21. The lowest BCUT2D eigenvalue weighted by atomic mass is 10.1. The molecule has 1 aromatic carbocycles. The highest BCUT2D eigenvalue weighted by molar-refractivity contribution is 5.97. The fraction of sp³-hybridized carbons (Fsp3) is 0.350. The van der Waals surface area contributed by atoms with Crippen LogP contribution in [-0.2, 0) is 16.1 Å². The predicted molar refractivity (Wildman–Crippen MR) is 100 cm³/mol. The summed E-state index contributed by atoms with van der Waals surface area (Å²) in [5.41, 5.74) is 2.12. The number of hydrogen-bond acceptors (Lipinski definition) is 4. The lowest BCUT2D eigenvalue weighted by molar-refractivity contribution is -0.122. The van der Waals surface area contributed by atoms with Crippen molar-refractivity contribution in [3.8, 4) is 0 Å². The molecule has 1 aliphatic rings. The molecule has 3 rings (SSSR count). The minimum absolute atomic E-state index is 0.137. The molecule has 27 heavy (non-hydrogen) atoms. The maximum atomic E-state index is 12.2. The third-order valence-corrected chi connectivity index (χ3v) is 4.54. The zero-order valence-corrected chi connectivity index (χ0v) is 15.2. The Labute approximate surface area is 157 Å². The minimum Gasteiger partial charge on any atom is -0.472 e. The Balaban J connectivity index is 1.54. The first-order valence-corrected chi connectivity index (χ1v) is 9.04. The van der Waals surface area contributed by atoms with Gasteiger partial charge in [0.1, 0.15) is 12.3 Å². The number of carbonyl (C=O) groups is 3. The van der Waals surface area contributed by atoms with Gasteiger partial charge in [0.05, 0.1) is 11.8 Å². The molecule has 7 nitrogen and oxygen atoms in total. The Morgan fingerprint density at radius 2 is 2.11 bits per heavy atom. The van der Waals surface area contributed by atoms with Crippen LogP contribution in [0.2, 0.25) is 0 Å². The molecular formula is C20H23N3O4. The van der Waals surface area contributed by atoms with Gasteiger partial charge < -0.3 is 20.0 Å². The highest BCUT2D eigenvalue weighted by atomic mass is 16.3. The van der Waals surface area contributed by atoms with Gasteiger partial charge in [-0.25, -0.2) is 0 Å². The maximum Gasteiger partial charge on any atom is 0.255 e. The zero-order valence-electron chi connectivity index (χ0n) is 15.2. The van der Waals surface area contributed by atoms with Crippen molar-refractivity contribution < 1.29 is 18.8 Å². The lowest BCUT2D eigenvalue weighted by Gasteiger charge is -2.27. The van der Waals surface area contributed by atoms with Gasteiger partial charge in [-0.3, -0.25) is 14.4 Å². The van der Waals surface area contributed by atoms with Crippen LogP contribution in [0.1, 0.15) is 42.1 Å². The first-order valence-electron chi connectivity index (χ1n) is 9.04. The number of carbonyl (C=O) groups excluding carboxylic acids is 3. The molecule has 7 heteroatoms. The third-order valence-electron chi connectivity index (χ3n) is 4.54. The molecule has 2 heterocycles. The SMILES string of the molecule is CC(NC(=O)c1ccoc1)C(=O)NCc1cccc(N2CCCCC2=O)c1. The van der Waals surface area contributed by atoms with Gasteiger partial charge in [0, 0.05) is 25.2 Å². The van der Waals surface area contributed by atoms with E-state index in [1.54, 1.807) is 11.8 Å². The monoisotopic (exact) mass is 369 g/mol. The molecule has 1 atom stereocenters. The Kier molecular flexibility index (Phi) is 5.90. The average molecular weight is 369 g/mol. The van der Waals surface area contributed by atoms with E-state index in [-0.39, 0.29) is 17.7 Å². The highest BCUT2D eigenvalue weighted by Gasteiger charge is 2.20. The summed E-state index contributed by atoms with van der Waals surface area (Å²) in [5, 5.41) is 5.43. The molecule has 1 fully saturated rings. The van der Waals surface area contributed by atoms with Gasteiger partial charge in [-0.05, 0) is 43.5 Å². The summed E-state index contributed by atoms with van der Waals surface area (Å²) in [6.45, 7) is 2.67. The number of anilines is 1. The van der Waals surface area contributed by atoms with Gasteiger partial charge in [-0.1, -0.05) is 12.1 Å². The van der Waals surface area contributed by atoms with Gasteiger partial charge in [0.15, 0.2) is 0 Å². The fourth-order valence-electron chi connectivity index (χ4n) is 2.99. The molecule has 0 radical (unpaired) electrons. The van der Waals surface area contributed by atoms with E-state index in [4.69, 9.17) is 4.42 Å². The normalized spacial score (nSPS) is 15.3. The summed E-state index contributed by atoms with van der Waals surface area (Å²) in [4.78, 5) is 38.1.